The van der Waals surface area contributed by atoms with Gasteiger partial charge in [0.1, 0.15) is 6.04 Å². The topological polar surface area (TPSA) is 72.7 Å². The first-order valence-electron chi connectivity index (χ1n) is 9.57. The lowest BCUT2D eigenvalue weighted by Crippen LogP contribution is -2.36. The van der Waals surface area contributed by atoms with E-state index in [4.69, 9.17) is 21.7 Å². The SMILES string of the molecule is CC1(C)CC(=O)C2=C(C1)Nc1nc(-c3ccc(Cl)cc3)nn1C2c1ccncc1. The maximum absolute atomic E-state index is 13.2. The molecule has 0 fully saturated rings. The van der Waals surface area contributed by atoms with Crippen LogP contribution in [0.4, 0.5) is 5.95 Å². The zero-order valence-corrected chi connectivity index (χ0v) is 16.9. The van der Waals surface area contributed by atoms with Crippen LogP contribution in [0.1, 0.15) is 38.3 Å². The number of allylic oxidation sites excluding steroid dienone is 2. The number of carbonyl (C=O) groups excluding carboxylic acids is 1. The molecule has 1 aliphatic heterocycles. The van der Waals surface area contributed by atoms with Gasteiger partial charge in [0.15, 0.2) is 11.6 Å². The van der Waals surface area contributed by atoms with Crippen molar-refractivity contribution >= 4 is 23.3 Å². The number of Topliss-reactive ketones (excluding diaryl/α,β-unsaturated/α-hetero) is 1. The Balaban J connectivity index is 1.67. The van der Waals surface area contributed by atoms with E-state index >= 15 is 0 Å². The van der Waals surface area contributed by atoms with Gasteiger partial charge in [-0.25, -0.2) is 4.68 Å². The minimum Gasteiger partial charge on any atom is -0.328 e. The molecule has 1 aliphatic carbocycles. The second-order valence-electron chi connectivity index (χ2n) is 8.35. The summed E-state index contributed by atoms with van der Waals surface area (Å²) in [5, 5.41) is 8.82. The lowest BCUT2D eigenvalue weighted by atomic mass is 9.73. The van der Waals surface area contributed by atoms with Crippen LogP contribution in [-0.2, 0) is 4.79 Å². The molecule has 0 radical (unpaired) electrons. The number of carbonyl (C=O) groups is 1. The number of anilines is 1. The van der Waals surface area contributed by atoms with Gasteiger partial charge in [0, 0.05) is 40.7 Å². The van der Waals surface area contributed by atoms with Crippen molar-refractivity contribution in [1.82, 2.24) is 19.7 Å². The van der Waals surface area contributed by atoms with Crippen molar-refractivity contribution < 1.29 is 4.79 Å². The highest BCUT2D eigenvalue weighted by molar-refractivity contribution is 6.30. The Kier molecular flexibility index (Phi) is 4.06. The molecule has 2 aliphatic rings. The number of nitrogens with zero attached hydrogens (tertiary/aromatic N) is 4. The van der Waals surface area contributed by atoms with Crippen molar-refractivity contribution in [3.05, 3.63) is 70.6 Å². The Morgan fingerprint density at radius 2 is 1.83 bits per heavy atom. The average Bonchev–Trinajstić information content (AvgIpc) is 3.10. The zero-order chi connectivity index (χ0) is 20.2. The summed E-state index contributed by atoms with van der Waals surface area (Å²) in [6, 6.07) is 11.0. The molecule has 146 valence electrons. The molecule has 0 spiro atoms. The number of halogens is 1. The van der Waals surface area contributed by atoms with Crippen LogP contribution >= 0.6 is 11.6 Å². The molecule has 6 nitrogen and oxygen atoms in total. The monoisotopic (exact) mass is 405 g/mol. The molecule has 1 aromatic carbocycles. The lowest BCUT2D eigenvalue weighted by Gasteiger charge is -2.38. The Labute approximate surface area is 173 Å². The van der Waals surface area contributed by atoms with E-state index in [1.807, 2.05) is 41.1 Å². The Hall–Kier alpha value is -2.99. The van der Waals surface area contributed by atoms with Gasteiger partial charge in [0.2, 0.25) is 5.95 Å². The Bertz CT molecular complexity index is 1130. The van der Waals surface area contributed by atoms with Crippen molar-refractivity contribution in [2.24, 2.45) is 5.41 Å². The third-order valence-electron chi connectivity index (χ3n) is 5.46. The predicted molar refractivity (Wildman–Crippen MR) is 112 cm³/mol. The van der Waals surface area contributed by atoms with Gasteiger partial charge in [-0.3, -0.25) is 9.78 Å². The number of nitrogens with one attached hydrogen (secondary N) is 1. The summed E-state index contributed by atoms with van der Waals surface area (Å²) in [7, 11) is 0. The van der Waals surface area contributed by atoms with Gasteiger partial charge in [-0.15, -0.1) is 5.10 Å². The largest absolute Gasteiger partial charge is 0.328 e. The Morgan fingerprint density at radius 1 is 1.10 bits per heavy atom. The van der Waals surface area contributed by atoms with Crippen LogP contribution in [0, 0.1) is 5.41 Å². The smallest absolute Gasteiger partial charge is 0.226 e. The van der Waals surface area contributed by atoms with Gasteiger partial charge in [0.05, 0.1) is 0 Å². The maximum Gasteiger partial charge on any atom is 0.226 e. The van der Waals surface area contributed by atoms with Crippen molar-refractivity contribution in [1.29, 1.82) is 0 Å². The van der Waals surface area contributed by atoms with E-state index in [-0.39, 0.29) is 17.2 Å². The zero-order valence-electron chi connectivity index (χ0n) is 16.2. The third-order valence-corrected chi connectivity index (χ3v) is 5.71. The van der Waals surface area contributed by atoms with E-state index in [2.05, 4.69) is 24.1 Å². The number of rotatable bonds is 2. The van der Waals surface area contributed by atoms with Crippen LogP contribution < -0.4 is 5.32 Å². The number of ketones is 1. The van der Waals surface area contributed by atoms with E-state index in [1.165, 1.54) is 0 Å². The molecule has 0 saturated heterocycles. The number of pyridine rings is 1. The predicted octanol–water partition coefficient (Wildman–Crippen LogP) is 4.65. The molecule has 2 aromatic heterocycles. The highest BCUT2D eigenvalue weighted by Gasteiger charge is 2.41. The fraction of sp³-hybridized carbons (Fsp3) is 0.273. The van der Waals surface area contributed by atoms with Gasteiger partial charge >= 0.3 is 0 Å². The first-order valence-corrected chi connectivity index (χ1v) is 9.95. The highest BCUT2D eigenvalue weighted by Crippen LogP contribution is 2.45. The first kappa shape index (κ1) is 18.1. The standard InChI is InChI=1S/C22H20ClN5O/c1-22(2)11-16-18(17(29)12-22)19(13-7-9-24-10-8-13)28-21(25-16)26-20(27-28)14-3-5-15(23)6-4-14/h3-10,19H,11-12H2,1-2H3,(H,25,26,27). The van der Waals surface area contributed by atoms with E-state index in [0.717, 1.165) is 28.8 Å². The second-order valence-corrected chi connectivity index (χ2v) is 8.79. The summed E-state index contributed by atoms with van der Waals surface area (Å²) in [5.41, 5.74) is 3.46. The van der Waals surface area contributed by atoms with Gasteiger partial charge in [-0.2, -0.15) is 4.98 Å². The second kappa shape index (κ2) is 6.52. The lowest BCUT2D eigenvalue weighted by molar-refractivity contribution is -0.118. The molecule has 1 unspecified atom stereocenters. The summed E-state index contributed by atoms with van der Waals surface area (Å²) >= 11 is 6.02. The van der Waals surface area contributed by atoms with E-state index in [1.54, 1.807) is 12.4 Å². The molecule has 1 atom stereocenters. The first-order chi connectivity index (χ1) is 13.9. The van der Waals surface area contributed by atoms with Gasteiger partial charge < -0.3 is 5.32 Å². The number of benzene rings is 1. The number of hydrogen-bond acceptors (Lipinski definition) is 5. The Morgan fingerprint density at radius 3 is 2.55 bits per heavy atom. The average molecular weight is 406 g/mol. The fourth-order valence-corrected chi connectivity index (χ4v) is 4.31. The van der Waals surface area contributed by atoms with Crippen LogP contribution in [-0.4, -0.2) is 25.5 Å². The molecular formula is C22H20ClN5O. The molecule has 7 heteroatoms. The molecule has 0 bridgehead atoms. The number of hydrogen-bond donors (Lipinski definition) is 1. The van der Waals surface area contributed by atoms with E-state index in [0.29, 0.717) is 23.2 Å². The van der Waals surface area contributed by atoms with Crippen molar-refractivity contribution in [3.63, 3.8) is 0 Å². The molecule has 0 saturated carbocycles. The fourth-order valence-electron chi connectivity index (χ4n) is 4.18. The summed E-state index contributed by atoms with van der Waals surface area (Å²) in [5.74, 6) is 1.38. The van der Waals surface area contributed by atoms with E-state index in [9.17, 15) is 4.79 Å². The molecule has 0 amide bonds. The molecule has 3 heterocycles. The molecule has 29 heavy (non-hydrogen) atoms. The number of aromatic nitrogens is 4. The maximum atomic E-state index is 13.2. The highest BCUT2D eigenvalue weighted by atomic mass is 35.5. The number of fused-ring (bicyclic) bond motifs is 1. The van der Waals surface area contributed by atoms with Crippen LogP contribution in [0.3, 0.4) is 0 Å². The quantitative estimate of drug-likeness (QED) is 0.671. The van der Waals surface area contributed by atoms with Crippen LogP contribution in [0.15, 0.2) is 60.1 Å². The van der Waals surface area contributed by atoms with Crippen LogP contribution in [0.25, 0.3) is 11.4 Å². The van der Waals surface area contributed by atoms with Crippen molar-refractivity contribution in [2.75, 3.05) is 5.32 Å². The minimum atomic E-state index is -0.318. The van der Waals surface area contributed by atoms with Gasteiger partial charge in [0.25, 0.3) is 0 Å². The molecule has 1 N–H and O–H groups in total. The third kappa shape index (κ3) is 3.13. The summed E-state index contributed by atoms with van der Waals surface area (Å²) in [6.45, 7) is 4.24. The summed E-state index contributed by atoms with van der Waals surface area (Å²) in [4.78, 5) is 22.0. The van der Waals surface area contributed by atoms with Crippen LogP contribution in [0.2, 0.25) is 5.02 Å². The van der Waals surface area contributed by atoms with Gasteiger partial charge in [-0.1, -0.05) is 25.4 Å². The summed E-state index contributed by atoms with van der Waals surface area (Å²) < 4.78 is 1.81. The minimum absolute atomic E-state index is 0.0904. The van der Waals surface area contributed by atoms with Gasteiger partial charge in [-0.05, 0) is 53.8 Å². The molecule has 5 rings (SSSR count). The molecule has 3 aromatic rings. The molecular weight excluding hydrogens is 386 g/mol. The van der Waals surface area contributed by atoms with Crippen molar-refractivity contribution in [2.45, 2.75) is 32.7 Å². The van der Waals surface area contributed by atoms with E-state index < -0.39 is 0 Å². The summed E-state index contributed by atoms with van der Waals surface area (Å²) in [6.07, 6.45) is 4.79. The normalized spacial score (nSPS) is 20.1. The van der Waals surface area contributed by atoms with Crippen LogP contribution in [0.5, 0.6) is 0 Å². The van der Waals surface area contributed by atoms with Crippen molar-refractivity contribution in [3.8, 4) is 11.4 Å².